The van der Waals surface area contributed by atoms with Gasteiger partial charge in [-0.05, 0) is 36.6 Å². The fourth-order valence-corrected chi connectivity index (χ4v) is 4.41. The molecule has 1 atom stereocenters. The third-order valence-corrected chi connectivity index (χ3v) is 6.50. The molecule has 8 heteroatoms. The summed E-state index contributed by atoms with van der Waals surface area (Å²) in [4.78, 5) is 38.4. The number of hydrogen-bond donors (Lipinski definition) is 2. The van der Waals surface area contributed by atoms with E-state index in [-0.39, 0.29) is 17.4 Å². The molecule has 0 unspecified atom stereocenters. The van der Waals surface area contributed by atoms with Gasteiger partial charge >= 0.3 is 5.97 Å². The van der Waals surface area contributed by atoms with Crippen LogP contribution in [0.15, 0.2) is 53.3 Å². The lowest BCUT2D eigenvalue weighted by molar-refractivity contribution is -0.139. The summed E-state index contributed by atoms with van der Waals surface area (Å²) in [5, 5.41) is 12.9. The van der Waals surface area contributed by atoms with Gasteiger partial charge in [0.05, 0.1) is 19.2 Å². The minimum atomic E-state index is -1.16. The number of aromatic nitrogens is 1. The first-order chi connectivity index (χ1) is 15.9. The number of carbonyl (C=O) groups excluding carboxylic acids is 1. The van der Waals surface area contributed by atoms with Crippen molar-refractivity contribution in [1.82, 2.24) is 9.88 Å². The number of amides is 1. The molecule has 1 aliphatic heterocycles. The van der Waals surface area contributed by atoms with Crippen molar-refractivity contribution in [2.24, 2.45) is 5.41 Å². The molecular weight excluding hydrogens is 424 g/mol. The molecule has 2 heterocycles. The lowest BCUT2D eigenvalue weighted by Gasteiger charge is -2.17. The van der Waals surface area contributed by atoms with Crippen LogP contribution >= 0.6 is 0 Å². The first kappa shape index (κ1) is 21.1. The maximum absolute atomic E-state index is 13.5. The van der Waals surface area contributed by atoms with Crippen LogP contribution in [0.4, 0.5) is 0 Å². The average Bonchev–Trinajstić information content (AvgIpc) is 3.61. The number of methoxy groups -OCH3 is 1. The first-order valence-corrected chi connectivity index (χ1v) is 10.9. The zero-order valence-electron chi connectivity index (χ0n) is 18.2. The van der Waals surface area contributed by atoms with Crippen LogP contribution in [-0.4, -0.2) is 41.3 Å². The monoisotopic (exact) mass is 448 g/mol. The number of benzene rings is 2. The predicted octanol–water partition coefficient (Wildman–Crippen LogP) is 2.61. The third kappa shape index (κ3) is 3.82. The van der Waals surface area contributed by atoms with E-state index in [9.17, 15) is 19.5 Å². The lowest BCUT2D eigenvalue weighted by Crippen LogP contribution is -2.44. The molecule has 1 aromatic heterocycles. The van der Waals surface area contributed by atoms with Crippen LogP contribution in [0.5, 0.6) is 11.5 Å². The number of carbonyl (C=O) groups is 2. The molecule has 8 nitrogen and oxygen atoms in total. The molecule has 0 radical (unpaired) electrons. The maximum Gasteiger partial charge on any atom is 0.326 e. The summed E-state index contributed by atoms with van der Waals surface area (Å²) >= 11 is 0. The van der Waals surface area contributed by atoms with Gasteiger partial charge in [-0.1, -0.05) is 30.3 Å². The number of rotatable bonds is 6. The van der Waals surface area contributed by atoms with Crippen molar-refractivity contribution in [2.45, 2.75) is 31.8 Å². The minimum Gasteiger partial charge on any atom is -0.493 e. The van der Waals surface area contributed by atoms with Gasteiger partial charge in [-0.25, -0.2) is 4.79 Å². The summed E-state index contributed by atoms with van der Waals surface area (Å²) in [5.74, 6) is -0.848. The zero-order valence-corrected chi connectivity index (χ0v) is 18.2. The summed E-state index contributed by atoms with van der Waals surface area (Å²) in [6.45, 7) is 0.916. The van der Waals surface area contributed by atoms with E-state index < -0.39 is 23.5 Å². The number of aliphatic carboxylic acids is 1. The van der Waals surface area contributed by atoms with Crippen LogP contribution in [0.1, 0.15) is 28.8 Å². The highest BCUT2D eigenvalue weighted by Gasteiger charge is 2.46. The van der Waals surface area contributed by atoms with E-state index in [1.165, 1.54) is 6.07 Å². The van der Waals surface area contributed by atoms with Crippen molar-refractivity contribution >= 4 is 22.8 Å². The van der Waals surface area contributed by atoms with E-state index in [4.69, 9.17) is 9.47 Å². The summed E-state index contributed by atoms with van der Waals surface area (Å²) in [7, 11) is 1.54. The van der Waals surface area contributed by atoms with Crippen molar-refractivity contribution < 1.29 is 24.2 Å². The molecule has 3 aromatic rings. The third-order valence-electron chi connectivity index (χ3n) is 6.50. The highest BCUT2D eigenvalue weighted by molar-refractivity contribution is 6.00. The second-order valence-electron chi connectivity index (χ2n) is 8.83. The van der Waals surface area contributed by atoms with Gasteiger partial charge in [-0.3, -0.25) is 9.59 Å². The quantitative estimate of drug-likeness (QED) is 0.600. The summed E-state index contributed by atoms with van der Waals surface area (Å²) in [6, 6.07) is 12.9. The number of nitrogens with one attached hydrogen (secondary N) is 1. The number of carboxylic acid groups (broad SMARTS) is 1. The van der Waals surface area contributed by atoms with Gasteiger partial charge in [0, 0.05) is 23.8 Å². The van der Waals surface area contributed by atoms with Gasteiger partial charge in [0.1, 0.15) is 11.6 Å². The van der Waals surface area contributed by atoms with Crippen LogP contribution in [0.3, 0.4) is 0 Å². The van der Waals surface area contributed by atoms with Gasteiger partial charge in [-0.15, -0.1) is 0 Å². The SMILES string of the molecule is COc1ccc2cc(C(=O)N[C@H](Cc3ccccc3)C(=O)O)c(=O)n3c2c1OCC1(CC1)C3. The molecule has 1 spiro atoms. The number of hydrogen-bond acceptors (Lipinski definition) is 5. The van der Waals surface area contributed by atoms with E-state index in [0.717, 1.165) is 18.4 Å². The minimum absolute atomic E-state index is 0.0874. The van der Waals surface area contributed by atoms with Crippen molar-refractivity contribution in [1.29, 1.82) is 0 Å². The Morgan fingerprint density at radius 3 is 2.64 bits per heavy atom. The smallest absolute Gasteiger partial charge is 0.326 e. The molecule has 1 fully saturated rings. The van der Waals surface area contributed by atoms with Gasteiger partial charge in [0.15, 0.2) is 11.5 Å². The van der Waals surface area contributed by atoms with Gasteiger partial charge in [0.25, 0.3) is 11.5 Å². The number of carboxylic acids is 1. The number of pyridine rings is 1. The largest absolute Gasteiger partial charge is 0.493 e. The Kier molecular flexibility index (Phi) is 5.08. The predicted molar refractivity (Wildman–Crippen MR) is 121 cm³/mol. The summed E-state index contributed by atoms with van der Waals surface area (Å²) in [6.07, 6.45) is 1.99. The van der Waals surface area contributed by atoms with Gasteiger partial charge in [-0.2, -0.15) is 0 Å². The molecule has 170 valence electrons. The molecular formula is C25H24N2O6. The van der Waals surface area contributed by atoms with Crippen molar-refractivity contribution in [2.75, 3.05) is 13.7 Å². The Hall–Kier alpha value is -3.81. The van der Waals surface area contributed by atoms with Gasteiger partial charge in [0.2, 0.25) is 0 Å². The lowest BCUT2D eigenvalue weighted by atomic mass is 10.0. The molecule has 2 aliphatic rings. The van der Waals surface area contributed by atoms with Crippen LogP contribution in [-0.2, 0) is 17.8 Å². The molecule has 2 N–H and O–H groups in total. The summed E-state index contributed by atoms with van der Waals surface area (Å²) in [5.41, 5.74) is 0.688. The second kappa shape index (κ2) is 7.95. The fourth-order valence-electron chi connectivity index (χ4n) is 4.41. The van der Waals surface area contributed by atoms with Crippen LogP contribution in [0.25, 0.3) is 10.9 Å². The van der Waals surface area contributed by atoms with Crippen molar-refractivity contribution in [3.63, 3.8) is 0 Å². The van der Waals surface area contributed by atoms with Crippen molar-refractivity contribution in [3.05, 3.63) is 70.0 Å². The second-order valence-corrected chi connectivity index (χ2v) is 8.83. The number of nitrogens with zero attached hydrogens (tertiary/aromatic N) is 1. The number of ether oxygens (including phenoxy) is 2. The van der Waals surface area contributed by atoms with Crippen LogP contribution < -0.4 is 20.3 Å². The van der Waals surface area contributed by atoms with E-state index in [1.54, 1.807) is 48.1 Å². The van der Waals surface area contributed by atoms with E-state index in [0.29, 0.717) is 35.6 Å². The van der Waals surface area contributed by atoms with Crippen LogP contribution in [0, 0.1) is 5.41 Å². The molecule has 5 rings (SSSR count). The zero-order chi connectivity index (χ0) is 23.2. The Bertz CT molecular complexity index is 1310. The van der Waals surface area contributed by atoms with E-state index in [2.05, 4.69) is 5.32 Å². The topological polar surface area (TPSA) is 107 Å². The standard InChI is InChI=1S/C25H24N2O6/c1-32-19-8-7-16-12-17(22(28)26-18(24(30)31)11-15-5-3-2-4-6-15)23(29)27-13-25(9-10-25)14-33-21(19)20(16)27/h2-8,12,18H,9-11,13-14H2,1H3,(H,26,28)(H,30,31)/t18-/m1/s1. The van der Waals surface area contributed by atoms with Crippen molar-refractivity contribution in [3.8, 4) is 11.5 Å². The summed E-state index contributed by atoms with van der Waals surface area (Å²) < 4.78 is 13.1. The molecule has 0 bridgehead atoms. The first-order valence-electron chi connectivity index (χ1n) is 10.9. The molecule has 1 amide bonds. The van der Waals surface area contributed by atoms with Gasteiger partial charge < -0.3 is 24.5 Å². The Labute approximate surface area is 189 Å². The van der Waals surface area contributed by atoms with E-state index >= 15 is 0 Å². The van der Waals surface area contributed by atoms with Crippen LogP contribution in [0.2, 0.25) is 0 Å². The highest BCUT2D eigenvalue weighted by Crippen LogP contribution is 2.50. The van der Waals surface area contributed by atoms with E-state index in [1.807, 2.05) is 6.07 Å². The molecule has 1 saturated carbocycles. The fraction of sp³-hybridized carbons (Fsp3) is 0.320. The average molecular weight is 448 g/mol. The molecule has 2 aromatic carbocycles. The Balaban J connectivity index is 1.55. The molecule has 1 aliphatic carbocycles. The maximum atomic E-state index is 13.5. The normalized spacial score (nSPS) is 16.5. The molecule has 33 heavy (non-hydrogen) atoms. The Morgan fingerprint density at radius 2 is 1.97 bits per heavy atom. The molecule has 0 saturated heterocycles. The Morgan fingerprint density at radius 1 is 1.21 bits per heavy atom. The highest BCUT2D eigenvalue weighted by atomic mass is 16.5.